The van der Waals surface area contributed by atoms with Gasteiger partial charge >= 0.3 is 12.1 Å². The summed E-state index contributed by atoms with van der Waals surface area (Å²) in [6.45, 7) is 22.0. The van der Waals surface area contributed by atoms with Crippen LogP contribution in [0.5, 0.6) is 11.8 Å². The molecule has 4 aliphatic heterocycles. The molecular weight excluding hydrogens is 1100 g/mol. The Hall–Kier alpha value is -6.71. The molecule has 7 atom stereocenters. The Morgan fingerprint density at radius 3 is 2.38 bits per heavy atom. The van der Waals surface area contributed by atoms with Gasteiger partial charge in [0, 0.05) is 81.5 Å². The zero-order valence-corrected chi connectivity index (χ0v) is 51.4. The number of amides is 3. The number of thiazole rings is 1. The van der Waals surface area contributed by atoms with E-state index in [0.717, 1.165) is 81.2 Å². The standard InChI is InChI=1S/C63H85N11O10S/c1-39(83-60-67-51-36-71(52-31-46(75)30-44-12-10-11-13-49(44)52)25-21-50(51)57(69-60)72-26-27-73(45(34-72)18-22-64)61(80)84-63(7,8)9)33-70-23-19-48(20-24-70)82-29-28-81-37-54(77)68-56(62(4,5)6)59(79)74-35-47(76)32-53(74)58(78)66-40(2)42-14-16-43(17-15-42)55-41(3)65-38-85-55/h10-17,30-31,38-40,45,47-48,53-54,56,68,75-77H,18-21,23-29,32-37H2,1-9H3,(H,66,78)/t39-,40+,45+,47-,53+,54?,56-/m1/s1. The third kappa shape index (κ3) is 15.8. The first kappa shape index (κ1) is 62.8. The Labute approximate surface area is 503 Å². The lowest BCUT2D eigenvalue weighted by atomic mass is 9.85. The molecule has 5 N–H and O–H groups in total. The molecule has 1 unspecified atom stereocenters. The predicted molar refractivity (Wildman–Crippen MR) is 325 cm³/mol. The molecule has 0 aliphatic carbocycles. The summed E-state index contributed by atoms with van der Waals surface area (Å²) in [4.78, 5) is 66.8. The number of rotatable bonds is 20. The maximum Gasteiger partial charge on any atom is 0.410 e. The first-order chi connectivity index (χ1) is 40.5. The molecule has 0 spiro atoms. The van der Waals surface area contributed by atoms with E-state index in [1.165, 1.54) is 4.90 Å². The van der Waals surface area contributed by atoms with Crippen molar-refractivity contribution >= 4 is 51.5 Å². The number of nitrogens with one attached hydrogen (secondary N) is 2. The Bertz CT molecular complexity index is 3150. The summed E-state index contributed by atoms with van der Waals surface area (Å²) in [7, 11) is 0. The number of ether oxygens (including phenoxy) is 4. The minimum atomic E-state index is -1.20. The van der Waals surface area contributed by atoms with Gasteiger partial charge < -0.3 is 59.2 Å². The summed E-state index contributed by atoms with van der Waals surface area (Å²) < 4.78 is 24.4. The topological polar surface area (TPSA) is 252 Å². The number of aliphatic hydroxyl groups is 2. The van der Waals surface area contributed by atoms with Crippen LogP contribution >= 0.6 is 11.3 Å². The zero-order valence-electron chi connectivity index (χ0n) is 50.6. The van der Waals surface area contributed by atoms with Crippen LogP contribution in [0.2, 0.25) is 0 Å². The van der Waals surface area contributed by atoms with E-state index in [9.17, 15) is 35.0 Å². The number of nitrogens with zero attached hydrogens (tertiary/aromatic N) is 9. The van der Waals surface area contributed by atoms with Crippen LogP contribution in [0.25, 0.3) is 21.2 Å². The fourth-order valence-electron chi connectivity index (χ4n) is 11.9. The van der Waals surface area contributed by atoms with Gasteiger partial charge in [-0.1, -0.05) is 69.3 Å². The van der Waals surface area contributed by atoms with Gasteiger partial charge in [-0.15, -0.1) is 11.3 Å². The molecular formula is C63H85N11O10S. The maximum absolute atomic E-state index is 14.3. The van der Waals surface area contributed by atoms with Gasteiger partial charge in [-0.3, -0.25) is 19.8 Å². The molecule has 3 aromatic carbocycles. The zero-order chi connectivity index (χ0) is 60.7. The van der Waals surface area contributed by atoms with Gasteiger partial charge in [0.1, 0.15) is 35.5 Å². The van der Waals surface area contributed by atoms with Gasteiger partial charge in [-0.2, -0.15) is 15.2 Å². The molecule has 458 valence electrons. The summed E-state index contributed by atoms with van der Waals surface area (Å²) in [5.74, 6) is 0.177. The summed E-state index contributed by atoms with van der Waals surface area (Å²) in [5.41, 5.74) is 6.11. The van der Waals surface area contributed by atoms with E-state index >= 15 is 0 Å². The van der Waals surface area contributed by atoms with Gasteiger partial charge in [0.15, 0.2) is 0 Å². The Kier molecular flexibility index (Phi) is 20.2. The lowest BCUT2D eigenvalue weighted by Crippen LogP contribution is -2.59. The van der Waals surface area contributed by atoms with E-state index in [0.29, 0.717) is 52.3 Å². The summed E-state index contributed by atoms with van der Waals surface area (Å²) >= 11 is 1.58. The summed E-state index contributed by atoms with van der Waals surface area (Å²) in [6.07, 6.45) is -0.304. The monoisotopic (exact) mass is 1190 g/mol. The molecule has 0 bridgehead atoms. The summed E-state index contributed by atoms with van der Waals surface area (Å²) in [6, 6.07) is 19.5. The van der Waals surface area contributed by atoms with Crippen molar-refractivity contribution in [2.45, 2.75) is 155 Å². The summed E-state index contributed by atoms with van der Waals surface area (Å²) in [5, 5.41) is 50.6. The highest BCUT2D eigenvalue weighted by molar-refractivity contribution is 7.13. The van der Waals surface area contributed by atoms with Crippen molar-refractivity contribution in [2.24, 2.45) is 5.41 Å². The second kappa shape index (κ2) is 27.3. The molecule has 0 radical (unpaired) electrons. The number of phenolic OH excluding ortho intramolecular Hbond substituents is 1. The lowest BCUT2D eigenvalue weighted by Gasteiger charge is -2.42. The quantitative estimate of drug-likeness (QED) is 0.0385. The van der Waals surface area contributed by atoms with Crippen molar-refractivity contribution in [3.05, 3.63) is 88.7 Å². The van der Waals surface area contributed by atoms with Crippen LogP contribution in [-0.2, 0) is 36.8 Å². The highest BCUT2D eigenvalue weighted by atomic mass is 32.1. The van der Waals surface area contributed by atoms with E-state index < -0.39 is 47.6 Å². The minimum Gasteiger partial charge on any atom is -0.508 e. The molecule has 0 saturated carbocycles. The molecule has 2 aromatic heterocycles. The smallest absolute Gasteiger partial charge is 0.410 e. The third-order valence-electron chi connectivity index (χ3n) is 16.3. The number of nitriles is 1. The van der Waals surface area contributed by atoms with Crippen molar-refractivity contribution in [1.29, 1.82) is 5.26 Å². The van der Waals surface area contributed by atoms with E-state index in [1.54, 1.807) is 28.4 Å². The molecule has 85 heavy (non-hydrogen) atoms. The first-order valence-corrected chi connectivity index (χ1v) is 30.7. The van der Waals surface area contributed by atoms with Gasteiger partial charge in [-0.05, 0) is 88.8 Å². The van der Waals surface area contributed by atoms with Gasteiger partial charge in [0.05, 0.1) is 91.0 Å². The number of carbonyl (C=O) groups excluding carboxylic acids is 3. The number of hydrogen-bond donors (Lipinski definition) is 5. The van der Waals surface area contributed by atoms with Crippen molar-refractivity contribution in [3.8, 4) is 28.3 Å². The number of anilines is 2. The van der Waals surface area contributed by atoms with E-state index in [1.807, 2.05) is 110 Å². The van der Waals surface area contributed by atoms with Crippen LogP contribution in [0, 0.1) is 23.7 Å². The second-order valence-electron chi connectivity index (χ2n) is 25.1. The number of piperidine rings is 1. The van der Waals surface area contributed by atoms with Crippen molar-refractivity contribution in [2.75, 3.05) is 82.0 Å². The van der Waals surface area contributed by atoms with Crippen LogP contribution in [0.3, 0.4) is 0 Å². The Balaban J connectivity index is 0.750. The molecule has 4 aliphatic rings. The van der Waals surface area contributed by atoms with Crippen molar-refractivity contribution < 1.29 is 48.7 Å². The number of aryl methyl sites for hydroxylation is 1. The Morgan fingerprint density at radius 1 is 0.918 bits per heavy atom. The fraction of sp³-hybridized carbons (Fsp3) is 0.571. The number of fused-ring (bicyclic) bond motifs is 2. The largest absolute Gasteiger partial charge is 0.508 e. The number of hydrogen-bond acceptors (Lipinski definition) is 19. The average molecular weight is 1190 g/mol. The average Bonchev–Trinajstić information content (AvgIpc) is 3.39. The Morgan fingerprint density at radius 2 is 1.67 bits per heavy atom. The number of piperazine rings is 1. The number of aromatic hydroxyl groups is 1. The van der Waals surface area contributed by atoms with E-state index in [4.69, 9.17) is 28.9 Å². The highest BCUT2D eigenvalue weighted by Crippen LogP contribution is 2.38. The normalized spacial score (nSPS) is 20.4. The SMILES string of the molecule is Cc1ncsc1-c1ccc([C@H](C)NC(=O)[C@@H]2C[C@@H](O)CN2C(=O)[C@@H](NC(O)COCCOC2CCN(C[C@@H](C)Oc3nc4c(c(N5CCN(C(=O)OC(C)(C)C)[C@@H](CC#N)C5)n3)CCN(c3cc(O)cc5ccccc35)C4)CC2)C(C)(C)C)cc1. The minimum absolute atomic E-state index is 0.00286. The number of β-amino-alcohol motifs (C(OH)–C–C–N with tert-alkyl or cyclic N) is 1. The molecule has 9 rings (SSSR count). The van der Waals surface area contributed by atoms with Crippen molar-refractivity contribution in [3.63, 3.8) is 0 Å². The first-order valence-electron chi connectivity index (χ1n) is 29.8. The van der Waals surface area contributed by atoms with Gasteiger partial charge in [-0.25, -0.2) is 9.78 Å². The predicted octanol–water partition coefficient (Wildman–Crippen LogP) is 7.10. The maximum atomic E-state index is 14.3. The van der Waals surface area contributed by atoms with Gasteiger partial charge in [0.25, 0.3) is 0 Å². The van der Waals surface area contributed by atoms with Crippen LogP contribution in [0.15, 0.2) is 66.2 Å². The molecule has 5 aromatic rings. The molecule has 3 saturated heterocycles. The van der Waals surface area contributed by atoms with Crippen LogP contribution in [-0.4, -0.2) is 183 Å². The molecule has 22 heteroatoms. The van der Waals surface area contributed by atoms with Crippen LogP contribution in [0.1, 0.15) is 110 Å². The fourth-order valence-corrected chi connectivity index (χ4v) is 12.8. The van der Waals surface area contributed by atoms with Crippen molar-refractivity contribution in [1.82, 2.24) is 40.3 Å². The number of aromatic nitrogens is 3. The van der Waals surface area contributed by atoms with Gasteiger partial charge in [0.2, 0.25) is 11.8 Å². The lowest BCUT2D eigenvalue weighted by molar-refractivity contribution is -0.144. The number of benzene rings is 3. The van der Waals surface area contributed by atoms with E-state index in [-0.39, 0.29) is 74.4 Å². The van der Waals surface area contributed by atoms with E-state index in [2.05, 4.69) is 42.5 Å². The number of aliphatic hydroxyl groups excluding tert-OH is 2. The molecule has 6 heterocycles. The second-order valence-corrected chi connectivity index (χ2v) is 26.0. The number of likely N-dealkylation sites (tertiary alicyclic amines) is 2. The number of carbonyl (C=O) groups is 3. The molecule has 3 fully saturated rings. The highest BCUT2D eigenvalue weighted by Gasteiger charge is 2.45. The molecule has 3 amide bonds. The number of phenols is 1. The molecule has 21 nitrogen and oxygen atoms in total. The third-order valence-corrected chi connectivity index (χ3v) is 17.2. The van der Waals surface area contributed by atoms with Crippen LogP contribution in [0.4, 0.5) is 16.3 Å². The van der Waals surface area contributed by atoms with Crippen LogP contribution < -0.4 is 25.2 Å².